The number of benzene rings is 2. The molecule has 7 nitrogen and oxygen atoms in total. The second kappa shape index (κ2) is 11.1. The molecular formula is C30H26F6N2O5. The molecule has 13 heteroatoms. The number of carbonyl (C=O) groups is 3. The van der Waals surface area contributed by atoms with E-state index in [2.05, 4.69) is 0 Å². The van der Waals surface area contributed by atoms with Crippen molar-refractivity contribution in [3.63, 3.8) is 0 Å². The van der Waals surface area contributed by atoms with Crippen LogP contribution in [0.15, 0.2) is 59.7 Å². The Morgan fingerprint density at radius 2 is 1.84 bits per heavy atom. The number of methoxy groups -OCH3 is 1. The summed E-state index contributed by atoms with van der Waals surface area (Å²) in [5.74, 6) is -5.25. The van der Waals surface area contributed by atoms with Gasteiger partial charge in [-0.15, -0.1) is 0 Å². The quantitative estimate of drug-likeness (QED) is 0.383. The first-order chi connectivity index (χ1) is 20.2. The van der Waals surface area contributed by atoms with Crippen molar-refractivity contribution in [3.05, 3.63) is 88.3 Å². The van der Waals surface area contributed by atoms with E-state index < -0.39 is 72.1 Å². The lowest BCUT2D eigenvalue weighted by atomic mass is 9.82. The van der Waals surface area contributed by atoms with E-state index in [9.17, 15) is 40.7 Å². The molecule has 0 bridgehead atoms. The van der Waals surface area contributed by atoms with Crippen molar-refractivity contribution in [2.24, 2.45) is 0 Å². The third-order valence-corrected chi connectivity index (χ3v) is 8.08. The third-order valence-electron chi connectivity index (χ3n) is 8.08. The molecule has 3 atom stereocenters. The second-order valence-electron chi connectivity index (χ2n) is 10.7. The lowest BCUT2D eigenvalue weighted by Crippen LogP contribution is -2.50. The molecule has 0 radical (unpaired) electrons. The number of carbonyl (C=O) groups excluding carboxylic acids is 3. The molecule has 1 saturated heterocycles. The topological polar surface area (TPSA) is 76.2 Å². The van der Waals surface area contributed by atoms with Crippen LogP contribution in [0.3, 0.4) is 0 Å². The average molecular weight is 609 g/mol. The van der Waals surface area contributed by atoms with Crippen molar-refractivity contribution in [2.75, 3.05) is 20.2 Å². The predicted molar refractivity (Wildman–Crippen MR) is 139 cm³/mol. The van der Waals surface area contributed by atoms with Gasteiger partial charge in [0.25, 0.3) is 0 Å². The third kappa shape index (κ3) is 5.59. The minimum absolute atomic E-state index is 0.145. The van der Waals surface area contributed by atoms with Crippen LogP contribution in [-0.2, 0) is 20.9 Å². The standard InChI is InChI=1S/C30H26F6N2O5/c1-16(30(34,35)36)38(13-17-3-5-18(31)6-4-17)26(39)14-37-15-29(43-28(37)41)10-9-20-22(29)8-7-19(27(20)40)21-11-24(33)25(42-2)12-23(21)32/h3-8,11-12,16,19H,9-10,13-15H2,1-2H3/t16-,19?,29-/m0/s1. The number of amides is 2. The number of Topliss-reactive ketones (excluding diaryl/α,β-unsaturated/α-hetero) is 1. The maximum absolute atomic E-state index is 14.7. The maximum atomic E-state index is 14.7. The van der Waals surface area contributed by atoms with Gasteiger partial charge in [-0.25, -0.2) is 18.0 Å². The van der Waals surface area contributed by atoms with Gasteiger partial charge in [-0.1, -0.05) is 24.3 Å². The van der Waals surface area contributed by atoms with E-state index in [4.69, 9.17) is 9.47 Å². The highest BCUT2D eigenvalue weighted by Gasteiger charge is 2.54. The van der Waals surface area contributed by atoms with Crippen molar-refractivity contribution >= 4 is 17.8 Å². The molecule has 2 aliphatic carbocycles. The molecule has 0 aromatic heterocycles. The highest BCUT2D eigenvalue weighted by molar-refractivity contribution is 6.05. The number of ketones is 1. The number of allylic oxidation sites excluding steroid dienone is 2. The first-order valence-electron chi connectivity index (χ1n) is 13.3. The van der Waals surface area contributed by atoms with Crippen LogP contribution < -0.4 is 4.74 Å². The van der Waals surface area contributed by atoms with Crippen molar-refractivity contribution in [1.29, 1.82) is 0 Å². The number of hydrogen-bond acceptors (Lipinski definition) is 5. The molecular weight excluding hydrogens is 582 g/mol. The molecule has 1 heterocycles. The maximum Gasteiger partial charge on any atom is 0.411 e. The van der Waals surface area contributed by atoms with Gasteiger partial charge < -0.3 is 14.4 Å². The summed E-state index contributed by atoms with van der Waals surface area (Å²) in [6.07, 6.45) is -2.56. The molecule has 0 N–H and O–H groups in total. The smallest absolute Gasteiger partial charge is 0.411 e. The van der Waals surface area contributed by atoms with Crippen LogP contribution in [0.25, 0.3) is 0 Å². The largest absolute Gasteiger partial charge is 0.494 e. The molecule has 1 fully saturated rings. The summed E-state index contributed by atoms with van der Waals surface area (Å²) in [6.45, 7) is -0.619. The predicted octanol–water partition coefficient (Wildman–Crippen LogP) is 5.60. The highest BCUT2D eigenvalue weighted by Crippen LogP contribution is 2.48. The zero-order valence-electron chi connectivity index (χ0n) is 23.0. The van der Waals surface area contributed by atoms with Gasteiger partial charge in [0.2, 0.25) is 5.91 Å². The molecule has 228 valence electrons. The number of nitrogens with zero attached hydrogens (tertiary/aromatic N) is 2. The number of rotatable bonds is 7. The van der Waals surface area contributed by atoms with Crippen LogP contribution in [0, 0.1) is 17.5 Å². The summed E-state index contributed by atoms with van der Waals surface area (Å²) in [7, 11) is 1.18. The minimum atomic E-state index is -4.77. The van der Waals surface area contributed by atoms with Crippen LogP contribution in [0.4, 0.5) is 31.1 Å². The summed E-state index contributed by atoms with van der Waals surface area (Å²) >= 11 is 0. The molecule has 1 aliphatic heterocycles. The number of ether oxygens (including phenoxy) is 2. The molecule has 2 aromatic rings. The number of alkyl halides is 3. The first kappa shape index (κ1) is 30.2. The van der Waals surface area contributed by atoms with E-state index in [0.717, 1.165) is 36.1 Å². The van der Waals surface area contributed by atoms with Gasteiger partial charge in [-0.05, 0) is 43.5 Å². The molecule has 2 amide bonds. The van der Waals surface area contributed by atoms with E-state index in [1.807, 2.05) is 0 Å². The fraction of sp³-hybridized carbons (Fsp3) is 0.367. The molecule has 5 rings (SSSR count). The van der Waals surface area contributed by atoms with Crippen LogP contribution in [0.5, 0.6) is 5.75 Å². The van der Waals surface area contributed by atoms with E-state index in [0.29, 0.717) is 10.5 Å². The van der Waals surface area contributed by atoms with Gasteiger partial charge in [-0.2, -0.15) is 13.2 Å². The van der Waals surface area contributed by atoms with Gasteiger partial charge >= 0.3 is 12.3 Å². The van der Waals surface area contributed by atoms with Gasteiger partial charge in [0, 0.05) is 29.3 Å². The Bertz CT molecular complexity index is 1540. The Labute approximate surface area is 242 Å². The molecule has 2 aromatic carbocycles. The zero-order valence-corrected chi connectivity index (χ0v) is 23.0. The van der Waals surface area contributed by atoms with Crippen molar-refractivity contribution < 1.29 is 50.2 Å². The molecule has 3 aliphatic rings. The van der Waals surface area contributed by atoms with Gasteiger partial charge in [-0.3, -0.25) is 14.5 Å². The molecule has 1 spiro atoms. The van der Waals surface area contributed by atoms with Gasteiger partial charge in [0.1, 0.15) is 24.2 Å². The summed E-state index contributed by atoms with van der Waals surface area (Å²) in [6, 6.07) is 4.17. The Kier molecular flexibility index (Phi) is 7.78. The lowest BCUT2D eigenvalue weighted by Gasteiger charge is -2.32. The Balaban J connectivity index is 1.35. The number of halogens is 6. The average Bonchev–Trinajstić information content (AvgIpc) is 3.47. The highest BCUT2D eigenvalue weighted by atomic mass is 19.4. The van der Waals surface area contributed by atoms with Gasteiger partial charge in [0.05, 0.1) is 19.6 Å². The lowest BCUT2D eigenvalue weighted by molar-refractivity contribution is -0.187. The van der Waals surface area contributed by atoms with Crippen molar-refractivity contribution in [2.45, 2.75) is 50.0 Å². The SMILES string of the molecule is COc1cc(F)c(C2C=CC3=C(CC[C@]34CN(CC(=O)N(Cc3ccc(F)cc3)[C@@H](C)C(F)(F)F)C(=O)O4)C2=O)cc1F. The van der Waals surface area contributed by atoms with Crippen LogP contribution in [0.1, 0.15) is 36.8 Å². The van der Waals surface area contributed by atoms with Crippen molar-refractivity contribution in [1.82, 2.24) is 9.80 Å². The van der Waals surface area contributed by atoms with E-state index in [1.165, 1.54) is 31.4 Å². The van der Waals surface area contributed by atoms with E-state index in [1.54, 1.807) is 0 Å². The fourth-order valence-electron chi connectivity index (χ4n) is 5.72. The molecule has 43 heavy (non-hydrogen) atoms. The van der Waals surface area contributed by atoms with Crippen LogP contribution >= 0.6 is 0 Å². The second-order valence-corrected chi connectivity index (χ2v) is 10.7. The fourth-order valence-corrected chi connectivity index (χ4v) is 5.72. The Morgan fingerprint density at radius 1 is 1.14 bits per heavy atom. The first-order valence-corrected chi connectivity index (χ1v) is 13.3. The van der Waals surface area contributed by atoms with E-state index in [-0.39, 0.29) is 41.8 Å². The molecule has 0 saturated carbocycles. The summed E-state index contributed by atoms with van der Waals surface area (Å²) in [4.78, 5) is 41.0. The summed E-state index contributed by atoms with van der Waals surface area (Å²) in [5, 5.41) is 0. The Morgan fingerprint density at radius 3 is 2.49 bits per heavy atom. The minimum Gasteiger partial charge on any atom is -0.494 e. The zero-order chi connectivity index (χ0) is 31.3. The molecule has 1 unspecified atom stereocenters. The summed E-state index contributed by atoms with van der Waals surface area (Å²) in [5.41, 5.74) is -0.676. The number of hydrogen-bond donors (Lipinski definition) is 0. The van der Waals surface area contributed by atoms with Crippen molar-refractivity contribution in [3.8, 4) is 5.75 Å². The van der Waals surface area contributed by atoms with Crippen LogP contribution in [0.2, 0.25) is 0 Å². The monoisotopic (exact) mass is 608 g/mol. The van der Waals surface area contributed by atoms with Gasteiger partial charge in [0.15, 0.2) is 23.0 Å². The summed E-state index contributed by atoms with van der Waals surface area (Å²) < 4.78 is 93.8. The Hall–Kier alpha value is -4.29. The van der Waals surface area contributed by atoms with Crippen LogP contribution in [-0.4, -0.2) is 65.6 Å². The number of fused-ring (bicyclic) bond motifs is 1. The van der Waals surface area contributed by atoms with E-state index >= 15 is 0 Å². The normalized spacial score (nSPS) is 22.2.